The highest BCUT2D eigenvalue weighted by molar-refractivity contribution is 14.1. The summed E-state index contributed by atoms with van der Waals surface area (Å²) in [7, 11) is -3.76. The lowest BCUT2D eigenvalue weighted by Gasteiger charge is -2.10. The van der Waals surface area contributed by atoms with Crippen LogP contribution in [0.1, 0.15) is 5.56 Å². The molecule has 22 heavy (non-hydrogen) atoms. The number of nitrogens with one attached hydrogen (secondary N) is 2. The first kappa shape index (κ1) is 15.1. The molecule has 0 saturated carbocycles. The van der Waals surface area contributed by atoms with Gasteiger partial charge in [-0.1, -0.05) is 0 Å². The van der Waals surface area contributed by atoms with E-state index in [2.05, 4.69) is 32.3 Å². The molecule has 0 spiro atoms. The molecule has 0 amide bonds. The van der Waals surface area contributed by atoms with E-state index in [9.17, 15) is 13.2 Å². The number of fused-ring (bicyclic) bond motifs is 1. The summed E-state index contributed by atoms with van der Waals surface area (Å²) in [5.41, 5.74) is 1.99. The van der Waals surface area contributed by atoms with E-state index >= 15 is 0 Å². The predicted octanol–water partition coefficient (Wildman–Crippen LogP) is 2.83. The molecule has 3 rings (SSSR count). The number of benzene rings is 2. The van der Waals surface area contributed by atoms with E-state index in [1.807, 2.05) is 19.1 Å². The maximum atomic E-state index is 12.4. The van der Waals surface area contributed by atoms with E-state index < -0.39 is 15.8 Å². The zero-order valence-corrected chi connectivity index (χ0v) is 14.4. The van der Waals surface area contributed by atoms with Crippen LogP contribution < -0.4 is 10.5 Å². The quantitative estimate of drug-likeness (QED) is 0.626. The fraction of sp³-hybridized carbons (Fsp3) is 0.0714. The molecule has 0 saturated heterocycles. The largest absolute Gasteiger partial charge is 0.417 e. The highest BCUT2D eigenvalue weighted by atomic mass is 127. The van der Waals surface area contributed by atoms with Crippen molar-refractivity contribution in [3.63, 3.8) is 0 Å². The first-order valence-electron chi connectivity index (χ1n) is 6.27. The van der Waals surface area contributed by atoms with Gasteiger partial charge in [-0.25, -0.2) is 13.2 Å². The molecule has 0 bridgehead atoms. The smallest absolute Gasteiger partial charge is 0.408 e. The number of rotatable bonds is 3. The normalized spacial score (nSPS) is 11.7. The van der Waals surface area contributed by atoms with Crippen LogP contribution in [-0.4, -0.2) is 13.4 Å². The summed E-state index contributed by atoms with van der Waals surface area (Å²) in [6, 6.07) is 9.64. The van der Waals surface area contributed by atoms with Crippen molar-refractivity contribution in [3.8, 4) is 0 Å². The van der Waals surface area contributed by atoms with Crippen LogP contribution in [0.4, 0.5) is 5.69 Å². The summed E-state index contributed by atoms with van der Waals surface area (Å²) in [4.78, 5) is 13.6. The molecule has 0 unspecified atom stereocenters. The molecule has 0 fully saturated rings. The van der Waals surface area contributed by atoms with Crippen LogP contribution in [0, 0.1) is 10.5 Å². The maximum Gasteiger partial charge on any atom is 0.417 e. The molecule has 6 nitrogen and oxygen atoms in total. The third-order valence-corrected chi connectivity index (χ3v) is 5.17. The predicted molar refractivity (Wildman–Crippen MR) is 91.5 cm³/mol. The molecule has 0 aliphatic rings. The number of aromatic nitrogens is 1. The van der Waals surface area contributed by atoms with E-state index in [4.69, 9.17) is 4.42 Å². The Bertz CT molecular complexity index is 1020. The number of sulfonamides is 1. The Balaban J connectivity index is 2.01. The third-order valence-electron chi connectivity index (χ3n) is 3.14. The highest BCUT2D eigenvalue weighted by Crippen LogP contribution is 2.23. The van der Waals surface area contributed by atoms with Gasteiger partial charge in [0, 0.05) is 9.64 Å². The molecule has 0 radical (unpaired) electrons. The minimum atomic E-state index is -3.76. The molecule has 8 heteroatoms. The highest BCUT2D eigenvalue weighted by Gasteiger charge is 2.17. The molecule has 2 N–H and O–H groups in total. The summed E-state index contributed by atoms with van der Waals surface area (Å²) in [6.45, 7) is 1.83. The van der Waals surface area contributed by atoms with Crippen LogP contribution in [0.5, 0.6) is 0 Å². The molecule has 0 aliphatic heterocycles. The van der Waals surface area contributed by atoms with Gasteiger partial charge in [-0.3, -0.25) is 9.71 Å². The second kappa shape index (κ2) is 5.43. The third kappa shape index (κ3) is 2.88. The number of aryl methyl sites for hydroxylation is 1. The van der Waals surface area contributed by atoms with Gasteiger partial charge in [0.05, 0.1) is 16.1 Å². The van der Waals surface area contributed by atoms with E-state index in [-0.39, 0.29) is 10.5 Å². The minimum Gasteiger partial charge on any atom is -0.408 e. The fourth-order valence-corrected chi connectivity index (χ4v) is 3.83. The zero-order valence-electron chi connectivity index (χ0n) is 11.4. The Morgan fingerprint density at radius 3 is 2.68 bits per heavy atom. The number of hydrogen-bond acceptors (Lipinski definition) is 4. The standard InChI is InChI=1S/C14H11IN2O4S/c1-8-6-9(15)2-4-11(8)17-22(19,20)10-3-5-12-13(7-10)21-14(18)16-12/h2-7,17H,1H3,(H,16,18). The van der Waals surface area contributed by atoms with Gasteiger partial charge in [0.2, 0.25) is 0 Å². The summed E-state index contributed by atoms with van der Waals surface area (Å²) >= 11 is 2.16. The molecule has 2 aromatic carbocycles. The van der Waals surface area contributed by atoms with Gasteiger partial charge in [-0.2, -0.15) is 0 Å². The van der Waals surface area contributed by atoms with Crippen molar-refractivity contribution in [1.82, 2.24) is 4.98 Å². The number of H-pyrrole nitrogens is 1. The van der Waals surface area contributed by atoms with E-state index in [0.717, 1.165) is 9.13 Å². The lowest BCUT2D eigenvalue weighted by Crippen LogP contribution is -2.13. The van der Waals surface area contributed by atoms with Crippen molar-refractivity contribution < 1.29 is 12.8 Å². The van der Waals surface area contributed by atoms with Crippen molar-refractivity contribution in [2.24, 2.45) is 0 Å². The van der Waals surface area contributed by atoms with Gasteiger partial charge in [-0.05, 0) is 65.4 Å². The number of hydrogen-bond donors (Lipinski definition) is 2. The van der Waals surface area contributed by atoms with Crippen molar-refractivity contribution in [3.05, 3.63) is 56.1 Å². The maximum absolute atomic E-state index is 12.4. The van der Waals surface area contributed by atoms with Crippen molar-refractivity contribution in [2.45, 2.75) is 11.8 Å². The van der Waals surface area contributed by atoms with Crippen LogP contribution in [0.3, 0.4) is 0 Å². The second-order valence-corrected chi connectivity index (χ2v) is 7.67. The second-order valence-electron chi connectivity index (χ2n) is 4.74. The van der Waals surface area contributed by atoms with E-state index in [1.54, 1.807) is 6.07 Å². The number of anilines is 1. The van der Waals surface area contributed by atoms with Crippen LogP contribution >= 0.6 is 22.6 Å². The lowest BCUT2D eigenvalue weighted by atomic mass is 10.2. The summed E-state index contributed by atoms with van der Waals surface area (Å²) in [5, 5.41) is 0. The zero-order chi connectivity index (χ0) is 15.9. The Labute approximate surface area is 139 Å². The molecule has 0 atom stereocenters. The molecular formula is C14H11IN2O4S. The summed E-state index contributed by atoms with van der Waals surface area (Å²) in [6.07, 6.45) is 0. The van der Waals surface area contributed by atoms with Gasteiger partial charge < -0.3 is 4.42 Å². The molecule has 1 aromatic heterocycles. The van der Waals surface area contributed by atoms with Crippen molar-refractivity contribution >= 4 is 49.4 Å². The summed E-state index contributed by atoms with van der Waals surface area (Å²) < 4.78 is 33.3. The SMILES string of the molecule is Cc1cc(I)ccc1NS(=O)(=O)c1ccc2[nH]c(=O)oc2c1. The molecular weight excluding hydrogens is 419 g/mol. The Hall–Kier alpha value is -1.81. The van der Waals surface area contributed by atoms with Crippen LogP contribution in [0.25, 0.3) is 11.1 Å². The Morgan fingerprint density at radius 1 is 1.18 bits per heavy atom. The average molecular weight is 430 g/mol. The average Bonchev–Trinajstić information content (AvgIpc) is 2.81. The van der Waals surface area contributed by atoms with Crippen LogP contribution in [-0.2, 0) is 10.0 Å². The molecule has 3 aromatic rings. The number of halogens is 1. The van der Waals surface area contributed by atoms with Crippen molar-refractivity contribution in [1.29, 1.82) is 0 Å². The number of aromatic amines is 1. The molecule has 1 heterocycles. The van der Waals surface area contributed by atoms with Gasteiger partial charge in [-0.15, -0.1) is 0 Å². The van der Waals surface area contributed by atoms with E-state index in [1.165, 1.54) is 18.2 Å². The van der Waals surface area contributed by atoms with Crippen LogP contribution in [0.15, 0.2) is 50.5 Å². The van der Waals surface area contributed by atoms with Gasteiger partial charge in [0.1, 0.15) is 0 Å². The van der Waals surface area contributed by atoms with Crippen molar-refractivity contribution in [2.75, 3.05) is 4.72 Å². The van der Waals surface area contributed by atoms with Gasteiger partial charge in [0.25, 0.3) is 10.0 Å². The first-order valence-corrected chi connectivity index (χ1v) is 8.83. The topological polar surface area (TPSA) is 92.2 Å². The van der Waals surface area contributed by atoms with Gasteiger partial charge >= 0.3 is 5.76 Å². The minimum absolute atomic E-state index is 0.0284. The Kier molecular flexibility index (Phi) is 3.73. The monoisotopic (exact) mass is 430 g/mol. The molecule has 114 valence electrons. The fourth-order valence-electron chi connectivity index (χ4n) is 2.04. The molecule has 0 aliphatic carbocycles. The Morgan fingerprint density at radius 2 is 1.95 bits per heavy atom. The first-order chi connectivity index (χ1) is 10.3. The van der Waals surface area contributed by atoms with Gasteiger partial charge in [0.15, 0.2) is 5.58 Å². The lowest BCUT2D eigenvalue weighted by molar-refractivity contribution is 0.554. The summed E-state index contributed by atoms with van der Waals surface area (Å²) in [5.74, 6) is -0.619. The number of oxazole rings is 1. The van der Waals surface area contributed by atoms with E-state index in [0.29, 0.717) is 11.2 Å². The van der Waals surface area contributed by atoms with Crippen LogP contribution in [0.2, 0.25) is 0 Å².